The number of benzene rings is 1. The van der Waals surface area contributed by atoms with Crippen molar-refractivity contribution < 1.29 is 9.32 Å². The fourth-order valence-electron chi connectivity index (χ4n) is 1.51. The maximum atomic E-state index is 11.5. The van der Waals surface area contributed by atoms with Crippen LogP contribution in [0.4, 0.5) is 11.4 Å². The van der Waals surface area contributed by atoms with E-state index in [4.69, 9.17) is 10.3 Å². The summed E-state index contributed by atoms with van der Waals surface area (Å²) in [4.78, 5) is 11.5. The molecule has 6 heteroatoms. The first-order chi connectivity index (χ1) is 8.70. The lowest BCUT2D eigenvalue weighted by Crippen LogP contribution is -2.18. The van der Waals surface area contributed by atoms with Gasteiger partial charge in [-0.2, -0.15) is 0 Å². The Morgan fingerprint density at radius 1 is 1.44 bits per heavy atom. The lowest BCUT2D eigenvalue weighted by molar-refractivity contribution is 0.0963. The molecule has 0 atom stereocenters. The van der Waals surface area contributed by atoms with Crippen LogP contribution < -0.4 is 16.4 Å². The molecule has 0 spiro atoms. The van der Waals surface area contributed by atoms with Crippen LogP contribution in [0, 0.1) is 0 Å². The second kappa shape index (κ2) is 5.22. The number of hydrogen-bond acceptors (Lipinski definition) is 5. The van der Waals surface area contributed by atoms with Crippen molar-refractivity contribution in [1.29, 1.82) is 0 Å². The first-order valence-corrected chi connectivity index (χ1v) is 5.45. The summed E-state index contributed by atoms with van der Waals surface area (Å²) in [5, 5.41) is 9.45. The van der Waals surface area contributed by atoms with Crippen LogP contribution in [-0.2, 0) is 6.54 Å². The fourth-order valence-corrected chi connectivity index (χ4v) is 1.51. The molecule has 4 N–H and O–H groups in total. The van der Waals surface area contributed by atoms with Crippen molar-refractivity contribution in [2.45, 2.75) is 6.54 Å². The van der Waals surface area contributed by atoms with Gasteiger partial charge in [0.15, 0.2) is 0 Å². The minimum Gasteiger partial charge on any atom is -0.397 e. The molecule has 0 fully saturated rings. The molecule has 0 aliphatic rings. The first-order valence-electron chi connectivity index (χ1n) is 5.45. The van der Waals surface area contributed by atoms with Crippen LogP contribution in [0.25, 0.3) is 0 Å². The Balaban J connectivity index is 2.13. The first kappa shape index (κ1) is 12.0. The number of hydrogen-bond donors (Lipinski definition) is 3. The van der Waals surface area contributed by atoms with Crippen molar-refractivity contribution in [2.24, 2.45) is 0 Å². The molecule has 0 aliphatic heterocycles. The lowest BCUT2D eigenvalue weighted by Gasteiger charge is -2.09. The fraction of sp³-hybridized carbons (Fsp3) is 0.167. The molecular weight excluding hydrogens is 232 g/mol. The van der Waals surface area contributed by atoms with Gasteiger partial charge in [0.1, 0.15) is 12.0 Å². The van der Waals surface area contributed by atoms with Crippen molar-refractivity contribution in [3.05, 3.63) is 41.8 Å². The standard InChI is InChI=1S/C12H14N4O2/c1-14-12(17)8-2-3-10(13)11(6-8)15-7-9-4-5-18-16-9/h2-6,15H,7,13H2,1H3,(H,14,17). The predicted molar refractivity (Wildman–Crippen MR) is 68.1 cm³/mol. The molecule has 0 aliphatic carbocycles. The largest absolute Gasteiger partial charge is 0.397 e. The molecule has 18 heavy (non-hydrogen) atoms. The zero-order valence-corrected chi connectivity index (χ0v) is 9.93. The van der Waals surface area contributed by atoms with E-state index >= 15 is 0 Å². The Morgan fingerprint density at radius 2 is 2.28 bits per heavy atom. The van der Waals surface area contributed by atoms with Gasteiger partial charge in [-0.3, -0.25) is 4.79 Å². The Kier molecular flexibility index (Phi) is 3.47. The molecule has 6 nitrogen and oxygen atoms in total. The number of rotatable bonds is 4. The minimum absolute atomic E-state index is 0.153. The van der Waals surface area contributed by atoms with Gasteiger partial charge in [-0.05, 0) is 18.2 Å². The third-order valence-electron chi connectivity index (χ3n) is 2.49. The number of aromatic nitrogens is 1. The molecular formula is C12H14N4O2. The van der Waals surface area contributed by atoms with Gasteiger partial charge in [0.2, 0.25) is 0 Å². The van der Waals surface area contributed by atoms with Gasteiger partial charge in [0.05, 0.1) is 17.9 Å². The van der Waals surface area contributed by atoms with Gasteiger partial charge in [-0.25, -0.2) is 0 Å². The van der Waals surface area contributed by atoms with Crippen molar-refractivity contribution in [3.8, 4) is 0 Å². The topological polar surface area (TPSA) is 93.2 Å². The average molecular weight is 246 g/mol. The maximum Gasteiger partial charge on any atom is 0.251 e. The Labute approximate surface area is 104 Å². The third kappa shape index (κ3) is 2.60. The number of carbonyl (C=O) groups is 1. The smallest absolute Gasteiger partial charge is 0.251 e. The number of nitrogens with two attached hydrogens (primary N) is 1. The van der Waals surface area contributed by atoms with Crippen molar-refractivity contribution >= 4 is 17.3 Å². The summed E-state index contributed by atoms with van der Waals surface area (Å²) in [5.74, 6) is -0.153. The van der Waals surface area contributed by atoms with E-state index in [1.165, 1.54) is 6.26 Å². The highest BCUT2D eigenvalue weighted by Gasteiger charge is 2.07. The SMILES string of the molecule is CNC(=O)c1ccc(N)c(NCc2ccon2)c1. The third-order valence-corrected chi connectivity index (χ3v) is 2.49. The van der Waals surface area contributed by atoms with Gasteiger partial charge in [-0.1, -0.05) is 5.16 Å². The van der Waals surface area contributed by atoms with E-state index < -0.39 is 0 Å². The summed E-state index contributed by atoms with van der Waals surface area (Å²) in [5.41, 5.74) is 8.42. The van der Waals surface area contributed by atoms with Gasteiger partial charge in [-0.15, -0.1) is 0 Å². The van der Waals surface area contributed by atoms with E-state index in [0.717, 1.165) is 5.69 Å². The Hall–Kier alpha value is -2.50. The normalized spacial score (nSPS) is 10.1. The van der Waals surface area contributed by atoms with E-state index in [9.17, 15) is 4.79 Å². The van der Waals surface area contributed by atoms with Crippen molar-refractivity contribution in [2.75, 3.05) is 18.1 Å². The molecule has 1 heterocycles. The van der Waals surface area contributed by atoms with Crippen molar-refractivity contribution in [1.82, 2.24) is 10.5 Å². The van der Waals surface area contributed by atoms with E-state index in [-0.39, 0.29) is 5.91 Å². The molecule has 0 radical (unpaired) electrons. The monoisotopic (exact) mass is 246 g/mol. The maximum absolute atomic E-state index is 11.5. The van der Waals surface area contributed by atoms with Crippen LogP contribution in [0.3, 0.4) is 0 Å². The van der Waals surface area contributed by atoms with Crippen LogP contribution in [0.15, 0.2) is 35.1 Å². The summed E-state index contributed by atoms with van der Waals surface area (Å²) < 4.78 is 4.73. The minimum atomic E-state index is -0.153. The summed E-state index contributed by atoms with van der Waals surface area (Å²) in [7, 11) is 1.58. The predicted octanol–water partition coefficient (Wildman–Crippen LogP) is 1.23. The number of nitrogens with zero attached hydrogens (tertiary/aromatic N) is 1. The molecule has 0 unspecified atom stereocenters. The summed E-state index contributed by atoms with van der Waals surface area (Å²) >= 11 is 0. The summed E-state index contributed by atoms with van der Waals surface area (Å²) in [6.45, 7) is 0.484. The van der Waals surface area contributed by atoms with Crippen LogP contribution in [0.5, 0.6) is 0 Å². The Morgan fingerprint density at radius 3 is 2.94 bits per heavy atom. The van der Waals surface area contributed by atoms with E-state index in [0.29, 0.717) is 23.5 Å². The van der Waals surface area contributed by atoms with Crippen LogP contribution in [0.2, 0.25) is 0 Å². The molecule has 1 aromatic heterocycles. The summed E-state index contributed by atoms with van der Waals surface area (Å²) in [6, 6.07) is 6.82. The highest BCUT2D eigenvalue weighted by Crippen LogP contribution is 2.20. The van der Waals surface area contributed by atoms with E-state index in [2.05, 4.69) is 15.8 Å². The molecule has 1 aromatic carbocycles. The van der Waals surface area contributed by atoms with Crippen molar-refractivity contribution in [3.63, 3.8) is 0 Å². The number of anilines is 2. The van der Waals surface area contributed by atoms with Crippen LogP contribution in [-0.4, -0.2) is 18.1 Å². The van der Waals surface area contributed by atoms with E-state index in [1.807, 2.05) is 0 Å². The molecule has 94 valence electrons. The molecule has 2 aromatic rings. The summed E-state index contributed by atoms with van der Waals surface area (Å²) in [6.07, 6.45) is 1.50. The zero-order valence-electron chi connectivity index (χ0n) is 9.93. The number of nitrogens with one attached hydrogen (secondary N) is 2. The molecule has 1 amide bonds. The molecule has 0 bridgehead atoms. The quantitative estimate of drug-likeness (QED) is 0.705. The number of carbonyl (C=O) groups excluding carboxylic acids is 1. The highest BCUT2D eigenvalue weighted by atomic mass is 16.5. The number of nitrogen functional groups attached to an aromatic ring is 1. The highest BCUT2D eigenvalue weighted by molar-refractivity contribution is 5.96. The van der Waals surface area contributed by atoms with Gasteiger partial charge in [0.25, 0.3) is 5.91 Å². The zero-order chi connectivity index (χ0) is 13.0. The van der Waals surface area contributed by atoms with Gasteiger partial charge in [0, 0.05) is 18.7 Å². The molecule has 0 saturated carbocycles. The van der Waals surface area contributed by atoms with Gasteiger partial charge < -0.3 is 20.9 Å². The molecule has 0 saturated heterocycles. The number of amides is 1. The second-order valence-corrected chi connectivity index (χ2v) is 3.73. The average Bonchev–Trinajstić information content (AvgIpc) is 2.90. The molecule has 2 rings (SSSR count). The van der Waals surface area contributed by atoms with Gasteiger partial charge >= 0.3 is 0 Å². The van der Waals surface area contributed by atoms with E-state index in [1.54, 1.807) is 31.3 Å². The van der Waals surface area contributed by atoms with Crippen LogP contribution in [0.1, 0.15) is 16.1 Å². The van der Waals surface area contributed by atoms with Crippen LogP contribution >= 0.6 is 0 Å². The lowest BCUT2D eigenvalue weighted by atomic mass is 10.1. The Bertz CT molecular complexity index is 537. The second-order valence-electron chi connectivity index (χ2n) is 3.73.